The van der Waals surface area contributed by atoms with Crippen molar-refractivity contribution in [3.05, 3.63) is 40.3 Å². The number of esters is 1. The Balaban J connectivity index is 2.11. The van der Waals surface area contributed by atoms with Gasteiger partial charge in [0, 0.05) is 11.6 Å². The molecule has 0 aliphatic carbocycles. The number of benzene rings is 1. The second kappa shape index (κ2) is 6.13. The number of hydrogen-bond acceptors (Lipinski definition) is 6. The van der Waals surface area contributed by atoms with Crippen LogP contribution in [0.25, 0.3) is 0 Å². The largest absolute Gasteiger partial charge is 0.456 e. The summed E-state index contributed by atoms with van der Waals surface area (Å²) in [5, 5.41) is 6.06. The maximum Gasteiger partial charge on any atom is 0.338 e. The molecule has 0 atom stereocenters. The summed E-state index contributed by atoms with van der Waals surface area (Å²) >= 11 is 1.56. The first-order chi connectivity index (χ1) is 9.85. The van der Waals surface area contributed by atoms with E-state index in [9.17, 15) is 4.79 Å². The van der Waals surface area contributed by atoms with Gasteiger partial charge in [0.2, 0.25) is 0 Å². The number of nitrogen functional groups attached to an aromatic ring is 1. The molecule has 3 N–H and O–H groups in total. The zero-order valence-electron chi connectivity index (χ0n) is 12.3. The van der Waals surface area contributed by atoms with Crippen LogP contribution in [0.15, 0.2) is 29.8 Å². The van der Waals surface area contributed by atoms with Crippen LogP contribution < -0.4 is 11.1 Å². The van der Waals surface area contributed by atoms with Crippen molar-refractivity contribution in [1.29, 1.82) is 0 Å². The first-order valence-corrected chi connectivity index (χ1v) is 7.48. The van der Waals surface area contributed by atoms with E-state index in [2.05, 4.69) is 10.3 Å². The van der Waals surface area contributed by atoms with Crippen molar-refractivity contribution >= 4 is 28.7 Å². The molecule has 1 aromatic carbocycles. The minimum absolute atomic E-state index is 0.361. The first-order valence-electron chi connectivity index (χ1n) is 6.60. The molecule has 0 saturated carbocycles. The van der Waals surface area contributed by atoms with Gasteiger partial charge in [-0.3, -0.25) is 0 Å². The van der Waals surface area contributed by atoms with Gasteiger partial charge in [-0.05, 0) is 39.0 Å². The van der Waals surface area contributed by atoms with E-state index in [0.717, 1.165) is 5.01 Å². The average molecular weight is 305 g/mol. The number of aromatic nitrogens is 1. The third-order valence-corrected chi connectivity index (χ3v) is 3.38. The number of thiazole rings is 1. The molecule has 0 bridgehead atoms. The quantitative estimate of drug-likeness (QED) is 0.669. The van der Waals surface area contributed by atoms with Crippen LogP contribution in [0.2, 0.25) is 0 Å². The van der Waals surface area contributed by atoms with E-state index in [1.54, 1.807) is 35.7 Å². The van der Waals surface area contributed by atoms with Gasteiger partial charge in [-0.15, -0.1) is 11.3 Å². The molecule has 2 rings (SSSR count). The molecule has 0 amide bonds. The molecule has 0 fully saturated rings. The Kier molecular flexibility index (Phi) is 4.47. The Labute approximate surface area is 128 Å². The highest BCUT2D eigenvalue weighted by atomic mass is 32.1. The molecule has 1 aromatic heterocycles. The first kappa shape index (κ1) is 15.3. The molecule has 0 aliphatic rings. The molecule has 0 radical (unpaired) electrons. The number of carbonyl (C=O) groups is 1. The van der Waals surface area contributed by atoms with Gasteiger partial charge in [0.1, 0.15) is 10.6 Å². The molecular weight excluding hydrogens is 286 g/mol. The number of nitrogens with one attached hydrogen (secondary N) is 1. The summed E-state index contributed by atoms with van der Waals surface area (Å²) in [5.74, 6) is -0.361. The van der Waals surface area contributed by atoms with Crippen molar-refractivity contribution in [2.75, 3.05) is 11.1 Å². The molecule has 0 spiro atoms. The van der Waals surface area contributed by atoms with Gasteiger partial charge in [-0.1, -0.05) is 0 Å². The molecule has 21 heavy (non-hydrogen) atoms. The lowest BCUT2D eigenvalue weighted by Gasteiger charge is -2.20. The number of nitrogens with zero attached hydrogens (tertiary/aromatic N) is 1. The third kappa shape index (κ3) is 4.46. The molecule has 0 unspecified atom stereocenters. The van der Waals surface area contributed by atoms with Crippen LogP contribution in [0.3, 0.4) is 0 Å². The summed E-state index contributed by atoms with van der Waals surface area (Å²) in [7, 11) is 0. The fraction of sp³-hybridized carbons (Fsp3) is 0.333. The van der Waals surface area contributed by atoms with Crippen molar-refractivity contribution in [3.63, 3.8) is 0 Å². The highest BCUT2D eigenvalue weighted by molar-refractivity contribution is 7.09. The van der Waals surface area contributed by atoms with E-state index in [0.29, 0.717) is 23.5 Å². The second-order valence-electron chi connectivity index (χ2n) is 5.58. The van der Waals surface area contributed by atoms with E-state index < -0.39 is 5.60 Å². The summed E-state index contributed by atoms with van der Waals surface area (Å²) in [6.07, 6.45) is 1.75. The molecule has 6 heteroatoms. The summed E-state index contributed by atoms with van der Waals surface area (Å²) in [6.45, 7) is 6.08. The third-order valence-electron chi connectivity index (χ3n) is 2.60. The van der Waals surface area contributed by atoms with Crippen molar-refractivity contribution in [3.8, 4) is 0 Å². The summed E-state index contributed by atoms with van der Waals surface area (Å²) in [5.41, 5.74) is 7.16. The zero-order valence-corrected chi connectivity index (χ0v) is 13.2. The Morgan fingerprint density at radius 2 is 2.19 bits per heavy atom. The van der Waals surface area contributed by atoms with Gasteiger partial charge >= 0.3 is 5.97 Å². The van der Waals surface area contributed by atoms with Gasteiger partial charge in [-0.2, -0.15) is 0 Å². The topological polar surface area (TPSA) is 77.2 Å². The van der Waals surface area contributed by atoms with Crippen LogP contribution in [0.4, 0.5) is 11.4 Å². The lowest BCUT2D eigenvalue weighted by Crippen LogP contribution is -2.24. The van der Waals surface area contributed by atoms with Gasteiger partial charge in [-0.25, -0.2) is 9.78 Å². The summed E-state index contributed by atoms with van der Waals surface area (Å²) in [4.78, 5) is 16.2. The van der Waals surface area contributed by atoms with Gasteiger partial charge in [0.15, 0.2) is 0 Å². The van der Waals surface area contributed by atoms with Crippen LogP contribution in [-0.4, -0.2) is 16.6 Å². The standard InChI is InChI=1S/C15H19N3O2S/c1-15(2,3)20-14(19)10-4-5-11(16)12(8-10)18-9-13-17-6-7-21-13/h4-8,18H,9,16H2,1-3H3. The fourth-order valence-electron chi connectivity index (χ4n) is 1.68. The van der Waals surface area contributed by atoms with Crippen LogP contribution in [0.5, 0.6) is 0 Å². The molecule has 1 heterocycles. The SMILES string of the molecule is CC(C)(C)OC(=O)c1ccc(N)c(NCc2nccs2)c1. The number of anilines is 2. The molecule has 0 saturated heterocycles. The van der Waals surface area contributed by atoms with Crippen LogP contribution in [-0.2, 0) is 11.3 Å². The second-order valence-corrected chi connectivity index (χ2v) is 6.56. The predicted molar refractivity (Wildman–Crippen MR) is 85.5 cm³/mol. The van der Waals surface area contributed by atoms with Crippen molar-refractivity contribution in [2.45, 2.75) is 32.9 Å². The summed E-state index contributed by atoms with van der Waals surface area (Å²) < 4.78 is 5.35. The maximum atomic E-state index is 12.1. The average Bonchev–Trinajstić information content (AvgIpc) is 2.88. The number of hydrogen-bond donors (Lipinski definition) is 2. The van der Waals surface area contributed by atoms with Gasteiger partial charge < -0.3 is 15.8 Å². The lowest BCUT2D eigenvalue weighted by atomic mass is 10.1. The number of ether oxygens (including phenoxy) is 1. The number of rotatable bonds is 4. The Morgan fingerprint density at radius 1 is 1.43 bits per heavy atom. The van der Waals surface area contributed by atoms with Gasteiger partial charge in [0.25, 0.3) is 0 Å². The number of nitrogens with two attached hydrogens (primary N) is 1. The Hall–Kier alpha value is -2.08. The molecule has 2 aromatic rings. The Morgan fingerprint density at radius 3 is 2.81 bits per heavy atom. The van der Waals surface area contributed by atoms with Crippen LogP contribution in [0, 0.1) is 0 Å². The van der Waals surface area contributed by atoms with E-state index in [-0.39, 0.29) is 5.97 Å². The zero-order chi connectivity index (χ0) is 15.5. The van der Waals surface area contributed by atoms with Crippen molar-refractivity contribution in [1.82, 2.24) is 4.98 Å². The van der Waals surface area contributed by atoms with Crippen LogP contribution in [0.1, 0.15) is 36.1 Å². The molecule has 112 valence electrons. The smallest absolute Gasteiger partial charge is 0.338 e. The number of carbonyl (C=O) groups excluding carboxylic acids is 1. The highest BCUT2D eigenvalue weighted by Crippen LogP contribution is 2.23. The van der Waals surface area contributed by atoms with E-state index in [1.807, 2.05) is 26.2 Å². The highest BCUT2D eigenvalue weighted by Gasteiger charge is 2.18. The Bertz CT molecular complexity index is 618. The molecule has 5 nitrogen and oxygen atoms in total. The van der Waals surface area contributed by atoms with E-state index in [1.165, 1.54) is 0 Å². The van der Waals surface area contributed by atoms with Gasteiger partial charge in [0.05, 0.1) is 23.5 Å². The molecular formula is C15H19N3O2S. The fourth-order valence-corrected chi connectivity index (χ4v) is 2.24. The monoisotopic (exact) mass is 305 g/mol. The minimum atomic E-state index is -0.521. The molecule has 0 aliphatic heterocycles. The predicted octanol–water partition coefficient (Wildman–Crippen LogP) is 3.29. The maximum absolute atomic E-state index is 12.1. The normalized spacial score (nSPS) is 11.2. The van der Waals surface area contributed by atoms with E-state index >= 15 is 0 Å². The van der Waals surface area contributed by atoms with E-state index in [4.69, 9.17) is 10.5 Å². The summed E-state index contributed by atoms with van der Waals surface area (Å²) in [6, 6.07) is 5.07. The lowest BCUT2D eigenvalue weighted by molar-refractivity contribution is 0.00696. The van der Waals surface area contributed by atoms with Crippen molar-refractivity contribution < 1.29 is 9.53 Å². The van der Waals surface area contributed by atoms with Crippen molar-refractivity contribution in [2.24, 2.45) is 0 Å². The van der Waals surface area contributed by atoms with Crippen LogP contribution >= 0.6 is 11.3 Å². The minimum Gasteiger partial charge on any atom is -0.456 e.